The van der Waals surface area contributed by atoms with E-state index in [9.17, 15) is 14.7 Å². The van der Waals surface area contributed by atoms with Crippen molar-refractivity contribution in [3.63, 3.8) is 0 Å². The number of ether oxygens (including phenoxy) is 3. The maximum atomic E-state index is 12.0. The predicted molar refractivity (Wildman–Crippen MR) is 144 cm³/mol. The van der Waals surface area contributed by atoms with Crippen LogP contribution in [0, 0.1) is 0 Å². The highest BCUT2D eigenvalue weighted by atomic mass is 16.6. The molecule has 3 rings (SSSR count). The average molecular weight is 521 g/mol. The van der Waals surface area contributed by atoms with Crippen LogP contribution in [0.4, 0.5) is 9.59 Å². The number of hydrogen-bond acceptors (Lipinski definition) is 6. The van der Waals surface area contributed by atoms with Gasteiger partial charge >= 0.3 is 12.2 Å². The highest BCUT2D eigenvalue weighted by Gasteiger charge is 2.29. The number of aliphatic hydroxyl groups excluding tert-OH is 1. The summed E-state index contributed by atoms with van der Waals surface area (Å²) in [5.74, 6) is 0. The van der Waals surface area contributed by atoms with Crippen molar-refractivity contribution in [2.45, 2.75) is 135 Å². The number of benzene rings is 1. The number of carbonyl (C=O) groups excluding carboxylic acids is 2. The molecule has 37 heavy (non-hydrogen) atoms. The van der Waals surface area contributed by atoms with E-state index in [-0.39, 0.29) is 24.3 Å². The molecule has 0 saturated heterocycles. The summed E-state index contributed by atoms with van der Waals surface area (Å²) in [6.45, 7) is 11.7. The lowest BCUT2D eigenvalue weighted by molar-refractivity contribution is -0.0113. The van der Waals surface area contributed by atoms with Gasteiger partial charge in [-0.1, -0.05) is 56.0 Å². The van der Waals surface area contributed by atoms with Gasteiger partial charge in [-0.2, -0.15) is 0 Å². The molecular weight excluding hydrogens is 472 g/mol. The monoisotopic (exact) mass is 520 g/mol. The number of aliphatic hydroxyl groups is 1. The molecule has 2 fully saturated rings. The van der Waals surface area contributed by atoms with Crippen molar-refractivity contribution >= 4 is 12.2 Å². The van der Waals surface area contributed by atoms with Gasteiger partial charge in [0, 0.05) is 0 Å². The van der Waals surface area contributed by atoms with Gasteiger partial charge in [0.25, 0.3) is 0 Å². The molecule has 2 saturated carbocycles. The molecule has 0 radical (unpaired) electrons. The Hall–Kier alpha value is -2.32. The minimum atomic E-state index is -0.482. The van der Waals surface area contributed by atoms with E-state index in [1.54, 1.807) is 0 Å². The Bertz CT molecular complexity index is 818. The van der Waals surface area contributed by atoms with Gasteiger partial charge in [-0.3, -0.25) is 0 Å². The summed E-state index contributed by atoms with van der Waals surface area (Å²) >= 11 is 0. The Morgan fingerprint density at radius 2 is 1.27 bits per heavy atom. The Balaban J connectivity index is 0.000000281. The van der Waals surface area contributed by atoms with Gasteiger partial charge in [0.15, 0.2) is 0 Å². The number of nitrogens with one attached hydrogen (secondary N) is 2. The summed E-state index contributed by atoms with van der Waals surface area (Å²) in [6.07, 6.45) is 6.71. The molecule has 2 amide bonds. The molecule has 2 aliphatic rings. The van der Waals surface area contributed by atoms with Gasteiger partial charge < -0.3 is 30.0 Å². The summed E-state index contributed by atoms with van der Waals surface area (Å²) in [5.41, 5.74) is 0.201. The molecule has 4 atom stereocenters. The first-order chi connectivity index (χ1) is 17.3. The van der Waals surface area contributed by atoms with Gasteiger partial charge in [-0.15, -0.1) is 0 Å². The summed E-state index contributed by atoms with van der Waals surface area (Å²) in [6, 6.07) is 10.0. The van der Waals surface area contributed by atoms with Crippen molar-refractivity contribution in [1.29, 1.82) is 0 Å². The lowest BCUT2D eigenvalue weighted by Crippen LogP contribution is -2.47. The molecule has 8 nitrogen and oxygen atoms in total. The molecule has 210 valence electrons. The first-order valence-electron chi connectivity index (χ1n) is 13.6. The van der Waals surface area contributed by atoms with Crippen LogP contribution in [0.5, 0.6) is 0 Å². The fraction of sp³-hybridized carbons (Fsp3) is 0.724. The van der Waals surface area contributed by atoms with Gasteiger partial charge in [0.2, 0.25) is 0 Å². The number of carbonyl (C=O) groups is 2. The second kappa shape index (κ2) is 14.6. The zero-order valence-electron chi connectivity index (χ0n) is 23.5. The number of amides is 2. The molecule has 1 aromatic rings. The summed E-state index contributed by atoms with van der Waals surface area (Å²) in [5, 5.41) is 15.3. The maximum Gasteiger partial charge on any atom is 0.407 e. The van der Waals surface area contributed by atoms with Crippen LogP contribution in [0.25, 0.3) is 0 Å². The fourth-order valence-corrected chi connectivity index (χ4v) is 4.44. The first-order valence-corrected chi connectivity index (χ1v) is 13.6. The molecule has 0 bridgehead atoms. The minimum absolute atomic E-state index is 0.0345. The molecule has 2 aliphatic carbocycles. The van der Waals surface area contributed by atoms with Crippen molar-refractivity contribution in [3.8, 4) is 0 Å². The van der Waals surface area contributed by atoms with Crippen molar-refractivity contribution in [2.75, 3.05) is 0 Å². The molecule has 1 unspecified atom stereocenters. The van der Waals surface area contributed by atoms with Crippen molar-refractivity contribution in [2.24, 2.45) is 0 Å². The molecule has 1 aromatic carbocycles. The molecular formula is C29H48N2O6. The zero-order chi connectivity index (χ0) is 27.5. The van der Waals surface area contributed by atoms with Crippen molar-refractivity contribution in [3.05, 3.63) is 35.9 Å². The van der Waals surface area contributed by atoms with Crippen LogP contribution < -0.4 is 10.6 Å². The maximum absolute atomic E-state index is 12.0. The van der Waals surface area contributed by atoms with E-state index in [2.05, 4.69) is 22.8 Å². The van der Waals surface area contributed by atoms with E-state index in [1.165, 1.54) is 0 Å². The van der Waals surface area contributed by atoms with Crippen LogP contribution in [-0.2, 0) is 20.8 Å². The van der Waals surface area contributed by atoms with Crippen LogP contribution in [-0.4, -0.2) is 52.8 Å². The lowest BCUT2D eigenvalue weighted by atomic mass is 9.92. The second-order valence-electron chi connectivity index (χ2n) is 12.0. The lowest BCUT2D eigenvalue weighted by Gasteiger charge is -2.32. The number of rotatable bonds is 5. The van der Waals surface area contributed by atoms with Crippen LogP contribution >= 0.6 is 0 Å². The van der Waals surface area contributed by atoms with E-state index < -0.39 is 23.4 Å². The Kier molecular flexibility index (Phi) is 12.2. The van der Waals surface area contributed by atoms with Crippen LogP contribution in [0.2, 0.25) is 0 Å². The Morgan fingerprint density at radius 1 is 0.784 bits per heavy atom. The Labute approximate surface area is 222 Å². The second-order valence-corrected chi connectivity index (χ2v) is 12.0. The van der Waals surface area contributed by atoms with Crippen LogP contribution in [0.3, 0.4) is 0 Å². The zero-order valence-corrected chi connectivity index (χ0v) is 23.5. The third-order valence-electron chi connectivity index (χ3n) is 6.14. The van der Waals surface area contributed by atoms with Gasteiger partial charge in [-0.05, 0) is 72.8 Å². The molecule has 0 heterocycles. The highest BCUT2D eigenvalue weighted by Crippen LogP contribution is 2.23. The fourth-order valence-electron chi connectivity index (χ4n) is 4.44. The molecule has 0 aromatic heterocycles. The SMILES string of the molecule is CC(C)(C)OC(=O)N[C@H]1CCCCC1OCc1ccccc1.CC(C)(C)OC(=O)N[C@H]1CCCC[C@@H]1O. The standard InChI is InChI=1S/C18H27NO3.C11H21NO3/c1-18(2,3)22-17(20)19-15-11-7-8-12-16(15)21-13-14-9-5-4-6-10-14;1-11(2,3)15-10(14)12-8-6-4-5-7-9(8)13/h4-6,9-10,15-16H,7-8,11-13H2,1-3H3,(H,19,20);8-9,13H,4-7H2,1-3H3,(H,12,14)/t15-,16?;8-,9-/m00/s1. The number of alkyl carbamates (subject to hydrolysis) is 2. The quantitative estimate of drug-likeness (QED) is 0.449. The summed E-state index contributed by atoms with van der Waals surface area (Å²) in [4.78, 5) is 23.4. The van der Waals surface area contributed by atoms with E-state index in [0.29, 0.717) is 6.61 Å². The topological polar surface area (TPSA) is 106 Å². The van der Waals surface area contributed by atoms with E-state index in [4.69, 9.17) is 14.2 Å². The Morgan fingerprint density at radius 3 is 1.81 bits per heavy atom. The molecule has 0 aliphatic heterocycles. The van der Waals surface area contributed by atoms with Crippen molar-refractivity contribution < 1.29 is 28.9 Å². The van der Waals surface area contributed by atoms with E-state index in [1.807, 2.05) is 59.7 Å². The van der Waals surface area contributed by atoms with Gasteiger partial charge in [0.05, 0.1) is 30.9 Å². The highest BCUT2D eigenvalue weighted by molar-refractivity contribution is 5.68. The number of hydrogen-bond donors (Lipinski definition) is 3. The molecule has 8 heteroatoms. The minimum Gasteiger partial charge on any atom is -0.444 e. The van der Waals surface area contributed by atoms with Gasteiger partial charge in [-0.25, -0.2) is 9.59 Å². The molecule has 0 spiro atoms. The third kappa shape index (κ3) is 13.2. The van der Waals surface area contributed by atoms with Gasteiger partial charge in [0.1, 0.15) is 11.2 Å². The summed E-state index contributed by atoms with van der Waals surface area (Å²) < 4.78 is 16.5. The predicted octanol–water partition coefficient (Wildman–Crippen LogP) is 5.85. The average Bonchev–Trinajstić information content (AvgIpc) is 2.79. The van der Waals surface area contributed by atoms with Crippen molar-refractivity contribution in [1.82, 2.24) is 10.6 Å². The third-order valence-corrected chi connectivity index (χ3v) is 6.14. The first kappa shape index (κ1) is 30.9. The van der Waals surface area contributed by atoms with E-state index in [0.717, 1.165) is 56.9 Å². The molecule has 3 N–H and O–H groups in total. The smallest absolute Gasteiger partial charge is 0.407 e. The summed E-state index contributed by atoms with van der Waals surface area (Å²) in [7, 11) is 0. The van der Waals surface area contributed by atoms with Crippen LogP contribution in [0.15, 0.2) is 30.3 Å². The van der Waals surface area contributed by atoms with Crippen LogP contribution in [0.1, 0.15) is 98.5 Å². The largest absolute Gasteiger partial charge is 0.444 e. The normalized spacial score (nSPS) is 24.2. The van der Waals surface area contributed by atoms with E-state index >= 15 is 0 Å².